The van der Waals surface area contributed by atoms with Gasteiger partial charge in [0.15, 0.2) is 5.13 Å². The Bertz CT molecular complexity index is 745. The second-order valence-electron chi connectivity index (χ2n) is 6.07. The molecule has 3 rings (SSSR count). The number of carbonyl (C=O) groups excluding carboxylic acids is 2. The number of hydrogen-bond donors (Lipinski definition) is 2. The van der Waals surface area contributed by atoms with Crippen molar-refractivity contribution in [1.29, 1.82) is 0 Å². The van der Waals surface area contributed by atoms with Crippen molar-refractivity contribution < 1.29 is 9.59 Å². The third-order valence-corrected chi connectivity index (χ3v) is 5.86. The van der Waals surface area contributed by atoms with Crippen molar-refractivity contribution in [3.63, 3.8) is 0 Å². The summed E-state index contributed by atoms with van der Waals surface area (Å²) < 4.78 is 0. The van der Waals surface area contributed by atoms with E-state index in [-0.39, 0.29) is 11.9 Å². The number of nitrogens with zero attached hydrogens (tertiary/aromatic N) is 2. The summed E-state index contributed by atoms with van der Waals surface area (Å²) in [4.78, 5) is 31.4. The molecule has 1 aliphatic heterocycles. The molecule has 2 aromatic rings. The van der Waals surface area contributed by atoms with Crippen LogP contribution in [-0.2, 0) is 11.2 Å². The van der Waals surface area contributed by atoms with Crippen LogP contribution in [0.1, 0.15) is 11.3 Å². The van der Waals surface area contributed by atoms with Gasteiger partial charge in [-0.05, 0) is 12.5 Å². The number of rotatable bonds is 5. The lowest BCUT2D eigenvalue weighted by atomic mass is 10.1. The van der Waals surface area contributed by atoms with Crippen molar-refractivity contribution in [3.8, 4) is 0 Å². The average molecular weight is 391 g/mol. The van der Waals surface area contributed by atoms with Crippen molar-refractivity contribution in [2.45, 2.75) is 19.4 Å². The minimum absolute atomic E-state index is 0.184. The standard InChI is InChI=1S/C18H22N4O2S2/c1-13-12-26-17(19-13)21-16(23)15(11-14-5-3-2-4-6-14)20-18(24)22-7-9-25-10-8-22/h2-6,12,15H,7-11H2,1H3,(H,20,24)(H,19,21,23). The zero-order valence-electron chi connectivity index (χ0n) is 14.6. The number of anilines is 1. The Morgan fingerprint density at radius 2 is 1.96 bits per heavy atom. The van der Waals surface area contributed by atoms with Crippen LogP contribution in [-0.4, -0.2) is 52.5 Å². The Morgan fingerprint density at radius 3 is 2.62 bits per heavy atom. The number of nitrogens with one attached hydrogen (secondary N) is 2. The van der Waals surface area contributed by atoms with Gasteiger partial charge in [-0.3, -0.25) is 4.79 Å². The van der Waals surface area contributed by atoms with E-state index in [1.807, 2.05) is 54.4 Å². The molecule has 1 saturated heterocycles. The first-order valence-corrected chi connectivity index (χ1v) is 10.6. The molecule has 0 radical (unpaired) electrons. The van der Waals surface area contributed by atoms with Crippen molar-refractivity contribution in [3.05, 3.63) is 47.0 Å². The topological polar surface area (TPSA) is 74.3 Å². The van der Waals surface area contributed by atoms with Crippen molar-refractivity contribution in [2.75, 3.05) is 29.9 Å². The van der Waals surface area contributed by atoms with E-state index in [1.54, 1.807) is 4.90 Å². The van der Waals surface area contributed by atoms with Crippen LogP contribution in [0.15, 0.2) is 35.7 Å². The van der Waals surface area contributed by atoms with Gasteiger partial charge in [-0.1, -0.05) is 30.3 Å². The number of thioether (sulfide) groups is 1. The Balaban J connectivity index is 1.69. The lowest BCUT2D eigenvalue weighted by Crippen LogP contribution is -2.52. The Hall–Kier alpha value is -2.06. The molecule has 26 heavy (non-hydrogen) atoms. The van der Waals surface area contributed by atoms with Crippen molar-refractivity contribution in [1.82, 2.24) is 15.2 Å². The molecule has 1 aromatic carbocycles. The predicted octanol–water partition coefficient (Wildman–Crippen LogP) is 2.76. The first-order chi connectivity index (χ1) is 12.6. The molecule has 3 amide bonds. The highest BCUT2D eigenvalue weighted by Gasteiger charge is 2.25. The van der Waals surface area contributed by atoms with E-state index in [1.165, 1.54) is 11.3 Å². The summed E-state index contributed by atoms with van der Waals surface area (Å²) in [5, 5.41) is 8.16. The molecule has 2 N–H and O–H groups in total. The van der Waals surface area contributed by atoms with Gasteiger partial charge < -0.3 is 15.5 Å². The molecule has 1 aliphatic rings. The van der Waals surface area contributed by atoms with Crippen LogP contribution in [0.3, 0.4) is 0 Å². The lowest BCUT2D eigenvalue weighted by molar-refractivity contribution is -0.118. The molecule has 1 unspecified atom stereocenters. The molecule has 0 spiro atoms. The van der Waals surface area contributed by atoms with Gasteiger partial charge in [-0.25, -0.2) is 9.78 Å². The van der Waals surface area contributed by atoms with Crippen LogP contribution in [0.25, 0.3) is 0 Å². The minimum atomic E-state index is -0.649. The molecule has 8 heteroatoms. The van der Waals surface area contributed by atoms with E-state index >= 15 is 0 Å². The van der Waals surface area contributed by atoms with Gasteiger partial charge in [-0.15, -0.1) is 11.3 Å². The molecule has 2 heterocycles. The number of hydrogen-bond acceptors (Lipinski definition) is 5. The van der Waals surface area contributed by atoms with Gasteiger partial charge in [0, 0.05) is 36.4 Å². The first-order valence-electron chi connectivity index (χ1n) is 8.52. The number of aromatic nitrogens is 1. The smallest absolute Gasteiger partial charge is 0.318 e. The van der Waals surface area contributed by atoms with Crippen molar-refractivity contribution >= 4 is 40.2 Å². The highest BCUT2D eigenvalue weighted by molar-refractivity contribution is 7.99. The average Bonchev–Trinajstić information content (AvgIpc) is 3.07. The molecular formula is C18H22N4O2S2. The molecule has 0 saturated carbocycles. The predicted molar refractivity (Wildman–Crippen MR) is 107 cm³/mol. The number of amides is 3. The Kier molecular flexibility index (Phi) is 6.51. The summed E-state index contributed by atoms with van der Waals surface area (Å²) in [5.74, 6) is 1.62. The molecule has 0 bridgehead atoms. The molecule has 0 aliphatic carbocycles. The quantitative estimate of drug-likeness (QED) is 0.823. The van der Waals surface area contributed by atoms with Gasteiger partial charge >= 0.3 is 6.03 Å². The first kappa shape index (κ1) is 18.7. The van der Waals surface area contributed by atoms with Crippen LogP contribution >= 0.6 is 23.1 Å². The van der Waals surface area contributed by atoms with E-state index in [4.69, 9.17) is 0 Å². The number of carbonyl (C=O) groups is 2. The van der Waals surface area contributed by atoms with Gasteiger partial charge in [0.2, 0.25) is 5.91 Å². The fourth-order valence-corrected chi connectivity index (χ4v) is 4.26. The molecule has 1 aromatic heterocycles. The number of urea groups is 1. The van der Waals surface area contributed by atoms with E-state index < -0.39 is 6.04 Å². The summed E-state index contributed by atoms with van der Waals surface area (Å²) in [6.07, 6.45) is 0.436. The Morgan fingerprint density at radius 1 is 1.23 bits per heavy atom. The normalized spacial score (nSPS) is 15.3. The van der Waals surface area contributed by atoms with Crippen LogP contribution in [0.5, 0.6) is 0 Å². The zero-order chi connectivity index (χ0) is 18.4. The SMILES string of the molecule is Cc1csc(NC(=O)C(Cc2ccccc2)NC(=O)N2CCSCC2)n1. The third kappa shape index (κ3) is 5.22. The van der Waals surface area contributed by atoms with Gasteiger partial charge in [0.25, 0.3) is 0 Å². The molecule has 1 atom stereocenters. The van der Waals surface area contributed by atoms with Crippen LogP contribution in [0.4, 0.5) is 9.93 Å². The number of aryl methyl sites for hydroxylation is 1. The van der Waals surface area contributed by atoms with E-state index in [9.17, 15) is 9.59 Å². The lowest BCUT2D eigenvalue weighted by Gasteiger charge is -2.28. The van der Waals surface area contributed by atoms with Crippen LogP contribution in [0.2, 0.25) is 0 Å². The highest BCUT2D eigenvalue weighted by atomic mass is 32.2. The monoisotopic (exact) mass is 390 g/mol. The summed E-state index contributed by atoms with van der Waals surface area (Å²) in [6, 6.07) is 8.87. The van der Waals surface area contributed by atoms with Gasteiger partial charge in [-0.2, -0.15) is 11.8 Å². The largest absolute Gasteiger partial charge is 0.326 e. The molecule has 1 fully saturated rings. The van der Waals surface area contributed by atoms with Crippen LogP contribution < -0.4 is 10.6 Å². The Labute approximate surface area is 161 Å². The summed E-state index contributed by atoms with van der Waals surface area (Å²) >= 11 is 3.22. The summed E-state index contributed by atoms with van der Waals surface area (Å²) in [5.41, 5.74) is 1.86. The number of benzene rings is 1. The van der Waals surface area contributed by atoms with Crippen LogP contribution in [0, 0.1) is 6.92 Å². The van der Waals surface area contributed by atoms with Crippen molar-refractivity contribution in [2.24, 2.45) is 0 Å². The second-order valence-corrected chi connectivity index (χ2v) is 8.16. The van der Waals surface area contributed by atoms with E-state index in [2.05, 4.69) is 15.6 Å². The molecule has 6 nitrogen and oxygen atoms in total. The maximum absolute atomic E-state index is 12.8. The highest BCUT2D eigenvalue weighted by Crippen LogP contribution is 2.16. The zero-order valence-corrected chi connectivity index (χ0v) is 16.2. The summed E-state index contributed by atoms with van der Waals surface area (Å²) in [6.45, 7) is 3.30. The summed E-state index contributed by atoms with van der Waals surface area (Å²) in [7, 11) is 0. The number of thiazole rings is 1. The van der Waals surface area contributed by atoms with Gasteiger partial charge in [0.05, 0.1) is 5.69 Å². The van der Waals surface area contributed by atoms with Gasteiger partial charge in [0.1, 0.15) is 6.04 Å². The molecule has 138 valence electrons. The minimum Gasteiger partial charge on any atom is -0.326 e. The molecular weight excluding hydrogens is 368 g/mol. The third-order valence-electron chi connectivity index (χ3n) is 4.04. The van der Waals surface area contributed by atoms with E-state index in [0.29, 0.717) is 24.6 Å². The van der Waals surface area contributed by atoms with E-state index in [0.717, 1.165) is 22.8 Å². The maximum Gasteiger partial charge on any atom is 0.318 e. The fraction of sp³-hybridized carbons (Fsp3) is 0.389. The second kappa shape index (κ2) is 9.05. The fourth-order valence-electron chi connectivity index (χ4n) is 2.67. The maximum atomic E-state index is 12.8.